The summed E-state index contributed by atoms with van der Waals surface area (Å²) >= 11 is 0. The summed E-state index contributed by atoms with van der Waals surface area (Å²) in [5.74, 6) is -0.351. The van der Waals surface area contributed by atoms with E-state index in [1.165, 1.54) is 20.7 Å². The summed E-state index contributed by atoms with van der Waals surface area (Å²) < 4.78 is 53.0. The standard InChI is InChI=1S/C26H29N3O5S2/c1-35(31,32)29(24-8-4-2-5-9-24)20-21-10-12-22(13-11-21)26(30)27-23-14-16-25(17-15-23)36(33,34)28-18-6-3-7-19-28/h2,4-5,8-17H,3,6-7,18-20H2,1H3,(H,27,30). The molecule has 0 aromatic heterocycles. The first-order valence-corrected chi connectivity index (χ1v) is 15.0. The van der Waals surface area contributed by atoms with E-state index in [0.29, 0.717) is 30.0 Å². The Morgan fingerprint density at radius 3 is 2.03 bits per heavy atom. The van der Waals surface area contributed by atoms with Gasteiger partial charge in [0, 0.05) is 24.3 Å². The Labute approximate surface area is 212 Å². The van der Waals surface area contributed by atoms with E-state index in [1.807, 2.05) is 6.07 Å². The summed E-state index contributed by atoms with van der Waals surface area (Å²) in [5, 5.41) is 2.77. The fourth-order valence-corrected chi connectivity index (χ4v) is 6.49. The van der Waals surface area contributed by atoms with E-state index in [2.05, 4.69) is 5.32 Å². The quantitative estimate of drug-likeness (QED) is 0.475. The van der Waals surface area contributed by atoms with Gasteiger partial charge in [0.05, 0.1) is 23.4 Å². The molecule has 1 aliphatic rings. The maximum atomic E-state index is 12.8. The van der Waals surface area contributed by atoms with Crippen LogP contribution in [0.25, 0.3) is 0 Å². The lowest BCUT2D eigenvalue weighted by Crippen LogP contribution is -2.35. The van der Waals surface area contributed by atoms with Crippen LogP contribution in [0.1, 0.15) is 35.2 Å². The largest absolute Gasteiger partial charge is 0.322 e. The highest BCUT2D eigenvalue weighted by Crippen LogP contribution is 2.23. The van der Waals surface area contributed by atoms with Crippen LogP contribution in [-0.4, -0.2) is 46.4 Å². The third kappa shape index (κ3) is 6.13. The summed E-state index contributed by atoms with van der Waals surface area (Å²) in [6.07, 6.45) is 3.93. The fraction of sp³-hybridized carbons (Fsp3) is 0.269. The number of nitrogens with one attached hydrogen (secondary N) is 1. The van der Waals surface area contributed by atoms with Crippen molar-refractivity contribution < 1.29 is 21.6 Å². The predicted octanol–water partition coefficient (Wildman–Crippen LogP) is 4.08. The number of rotatable bonds is 8. The van der Waals surface area contributed by atoms with Crippen LogP contribution in [0.2, 0.25) is 0 Å². The van der Waals surface area contributed by atoms with Crippen molar-refractivity contribution in [2.75, 3.05) is 29.0 Å². The normalized spacial score (nSPS) is 14.8. The van der Waals surface area contributed by atoms with Gasteiger partial charge >= 0.3 is 0 Å². The Balaban J connectivity index is 1.42. The van der Waals surface area contributed by atoms with Crippen molar-refractivity contribution in [3.05, 3.63) is 90.0 Å². The number of nitrogens with zero attached hydrogens (tertiary/aromatic N) is 2. The van der Waals surface area contributed by atoms with Crippen molar-refractivity contribution >= 4 is 37.3 Å². The van der Waals surface area contributed by atoms with Crippen LogP contribution in [0.3, 0.4) is 0 Å². The maximum absolute atomic E-state index is 12.8. The molecule has 190 valence electrons. The fourth-order valence-electron chi connectivity index (χ4n) is 4.09. The Morgan fingerprint density at radius 2 is 1.44 bits per heavy atom. The second-order valence-electron chi connectivity index (χ2n) is 8.75. The highest BCUT2D eigenvalue weighted by atomic mass is 32.2. The molecule has 8 nitrogen and oxygen atoms in total. The molecule has 0 unspecified atom stereocenters. The average molecular weight is 528 g/mol. The van der Waals surface area contributed by atoms with Crippen LogP contribution in [-0.2, 0) is 26.6 Å². The molecule has 3 aromatic carbocycles. The molecular weight excluding hydrogens is 498 g/mol. The minimum Gasteiger partial charge on any atom is -0.322 e. The average Bonchev–Trinajstić information content (AvgIpc) is 2.88. The van der Waals surface area contributed by atoms with Crippen molar-refractivity contribution in [1.29, 1.82) is 0 Å². The first-order chi connectivity index (χ1) is 17.1. The Hall–Kier alpha value is -3.21. The molecule has 3 aromatic rings. The van der Waals surface area contributed by atoms with Crippen LogP contribution in [0.15, 0.2) is 83.8 Å². The van der Waals surface area contributed by atoms with Gasteiger partial charge in [-0.05, 0) is 66.9 Å². The molecule has 1 aliphatic heterocycles. The number of anilines is 2. The SMILES string of the molecule is CS(=O)(=O)N(Cc1ccc(C(=O)Nc2ccc(S(=O)(=O)N3CCCCC3)cc2)cc1)c1ccccc1. The summed E-state index contributed by atoms with van der Waals surface area (Å²) in [7, 11) is -7.03. The van der Waals surface area contributed by atoms with E-state index in [9.17, 15) is 21.6 Å². The van der Waals surface area contributed by atoms with Gasteiger partial charge in [0.25, 0.3) is 5.91 Å². The van der Waals surface area contributed by atoms with Crippen molar-refractivity contribution in [1.82, 2.24) is 4.31 Å². The van der Waals surface area contributed by atoms with Gasteiger partial charge in [0.15, 0.2) is 0 Å². The number of carbonyl (C=O) groups excluding carboxylic acids is 1. The van der Waals surface area contributed by atoms with Crippen molar-refractivity contribution in [2.45, 2.75) is 30.7 Å². The van der Waals surface area contributed by atoms with Crippen molar-refractivity contribution in [3.8, 4) is 0 Å². The van der Waals surface area contributed by atoms with Gasteiger partial charge in [-0.3, -0.25) is 9.10 Å². The number of carbonyl (C=O) groups is 1. The van der Waals surface area contributed by atoms with Crippen LogP contribution in [0, 0.1) is 0 Å². The number of hydrogen-bond acceptors (Lipinski definition) is 5. The number of sulfonamides is 2. The monoisotopic (exact) mass is 527 g/mol. The Bertz CT molecular complexity index is 1400. The topological polar surface area (TPSA) is 104 Å². The molecule has 1 amide bonds. The van der Waals surface area contributed by atoms with Gasteiger partial charge in [0.2, 0.25) is 20.0 Å². The van der Waals surface area contributed by atoms with Crippen LogP contribution in [0.5, 0.6) is 0 Å². The molecule has 0 atom stereocenters. The van der Waals surface area contributed by atoms with Crippen LogP contribution >= 0.6 is 0 Å². The predicted molar refractivity (Wildman–Crippen MR) is 141 cm³/mol. The van der Waals surface area contributed by atoms with Crippen LogP contribution in [0.4, 0.5) is 11.4 Å². The number of piperidine rings is 1. The molecule has 36 heavy (non-hydrogen) atoms. The number of hydrogen-bond donors (Lipinski definition) is 1. The lowest BCUT2D eigenvalue weighted by Gasteiger charge is -2.25. The van der Waals surface area contributed by atoms with E-state index >= 15 is 0 Å². The Morgan fingerprint density at radius 1 is 0.833 bits per heavy atom. The first kappa shape index (κ1) is 25.9. The van der Waals surface area contributed by atoms with Crippen LogP contribution < -0.4 is 9.62 Å². The zero-order chi connectivity index (χ0) is 25.8. The van der Waals surface area contributed by atoms with Gasteiger partial charge in [0.1, 0.15) is 0 Å². The molecule has 0 saturated carbocycles. The van der Waals surface area contributed by atoms with Gasteiger partial charge in [-0.15, -0.1) is 0 Å². The van der Waals surface area contributed by atoms with E-state index in [4.69, 9.17) is 0 Å². The van der Waals surface area contributed by atoms with E-state index in [-0.39, 0.29) is 17.3 Å². The molecule has 0 spiro atoms. The molecule has 1 N–H and O–H groups in total. The lowest BCUT2D eigenvalue weighted by molar-refractivity contribution is 0.102. The molecule has 1 heterocycles. The third-order valence-electron chi connectivity index (χ3n) is 6.05. The molecule has 4 rings (SSSR count). The van der Waals surface area contributed by atoms with E-state index in [0.717, 1.165) is 31.1 Å². The highest BCUT2D eigenvalue weighted by molar-refractivity contribution is 7.92. The minimum atomic E-state index is -3.53. The third-order valence-corrected chi connectivity index (χ3v) is 9.11. The first-order valence-electron chi connectivity index (χ1n) is 11.7. The zero-order valence-electron chi connectivity index (χ0n) is 20.0. The van der Waals surface area contributed by atoms with E-state index in [1.54, 1.807) is 60.7 Å². The number of benzene rings is 3. The molecule has 0 aliphatic carbocycles. The van der Waals surface area contributed by atoms with Crippen molar-refractivity contribution in [2.24, 2.45) is 0 Å². The minimum absolute atomic E-state index is 0.137. The molecule has 0 radical (unpaired) electrons. The molecule has 1 fully saturated rings. The molecular formula is C26H29N3O5S2. The van der Waals surface area contributed by atoms with Gasteiger partial charge in [-0.2, -0.15) is 4.31 Å². The second kappa shape index (κ2) is 10.8. The molecule has 1 saturated heterocycles. The smallest absolute Gasteiger partial charge is 0.255 e. The van der Waals surface area contributed by atoms with Gasteiger partial charge in [-0.1, -0.05) is 36.8 Å². The summed E-state index contributed by atoms with van der Waals surface area (Å²) in [5.41, 5.74) is 2.17. The molecule has 10 heteroatoms. The maximum Gasteiger partial charge on any atom is 0.255 e. The van der Waals surface area contributed by atoms with Gasteiger partial charge < -0.3 is 5.32 Å². The Kier molecular flexibility index (Phi) is 7.77. The highest BCUT2D eigenvalue weighted by Gasteiger charge is 2.25. The van der Waals surface area contributed by atoms with E-state index < -0.39 is 20.0 Å². The zero-order valence-corrected chi connectivity index (χ0v) is 21.6. The lowest BCUT2D eigenvalue weighted by atomic mass is 10.1. The molecule has 0 bridgehead atoms. The summed E-state index contributed by atoms with van der Waals surface area (Å²) in [4.78, 5) is 12.9. The summed E-state index contributed by atoms with van der Waals surface area (Å²) in [6, 6.07) is 21.7. The number of amides is 1. The second-order valence-corrected chi connectivity index (χ2v) is 12.6. The number of para-hydroxylation sites is 1. The van der Waals surface area contributed by atoms with Gasteiger partial charge in [-0.25, -0.2) is 16.8 Å². The van der Waals surface area contributed by atoms with Crippen molar-refractivity contribution in [3.63, 3.8) is 0 Å². The summed E-state index contributed by atoms with van der Waals surface area (Å²) in [6.45, 7) is 1.20.